The number of thiazole rings is 1. The SMILES string of the molecule is FC(F)(F)c1ccccc1-c1cn2c3c(sc2n1)CCC3. The molecule has 108 valence electrons. The van der Waals surface area contributed by atoms with E-state index in [-0.39, 0.29) is 5.56 Å². The van der Waals surface area contributed by atoms with Gasteiger partial charge in [0, 0.05) is 22.3 Å². The Morgan fingerprint density at radius 2 is 1.95 bits per heavy atom. The zero-order chi connectivity index (χ0) is 14.6. The molecule has 0 spiro atoms. The molecule has 0 amide bonds. The maximum Gasteiger partial charge on any atom is 0.417 e. The van der Waals surface area contributed by atoms with Crippen LogP contribution in [-0.2, 0) is 19.0 Å². The van der Waals surface area contributed by atoms with Gasteiger partial charge in [-0.15, -0.1) is 11.3 Å². The highest BCUT2D eigenvalue weighted by Gasteiger charge is 2.34. The Morgan fingerprint density at radius 3 is 2.76 bits per heavy atom. The van der Waals surface area contributed by atoms with E-state index in [4.69, 9.17) is 0 Å². The molecule has 4 rings (SSSR count). The van der Waals surface area contributed by atoms with Crippen molar-refractivity contribution in [3.63, 3.8) is 0 Å². The van der Waals surface area contributed by atoms with Crippen molar-refractivity contribution in [2.45, 2.75) is 25.4 Å². The maximum absolute atomic E-state index is 13.1. The Hall–Kier alpha value is -1.82. The summed E-state index contributed by atoms with van der Waals surface area (Å²) in [6.07, 6.45) is 0.518. The third-order valence-electron chi connectivity index (χ3n) is 3.83. The zero-order valence-electron chi connectivity index (χ0n) is 10.9. The fourth-order valence-corrected chi connectivity index (χ4v) is 4.08. The first-order chi connectivity index (χ1) is 10.0. The van der Waals surface area contributed by atoms with Gasteiger partial charge in [-0.25, -0.2) is 4.98 Å². The number of alkyl halides is 3. The molecule has 0 saturated carbocycles. The van der Waals surface area contributed by atoms with Gasteiger partial charge in [0.15, 0.2) is 4.96 Å². The minimum Gasteiger partial charge on any atom is -0.294 e. The largest absolute Gasteiger partial charge is 0.417 e. The summed E-state index contributed by atoms with van der Waals surface area (Å²) in [5.41, 5.74) is 1.11. The lowest BCUT2D eigenvalue weighted by molar-refractivity contribution is -0.137. The Labute approximate surface area is 122 Å². The van der Waals surface area contributed by atoms with Gasteiger partial charge in [-0.2, -0.15) is 13.2 Å². The van der Waals surface area contributed by atoms with Crippen LogP contribution in [0, 0.1) is 0 Å². The summed E-state index contributed by atoms with van der Waals surface area (Å²) in [6, 6.07) is 5.60. The first-order valence-electron chi connectivity index (χ1n) is 6.70. The molecule has 6 heteroatoms. The van der Waals surface area contributed by atoms with Gasteiger partial charge in [-0.05, 0) is 25.3 Å². The predicted molar refractivity (Wildman–Crippen MR) is 75.5 cm³/mol. The fraction of sp³-hybridized carbons (Fsp3) is 0.267. The molecule has 0 fully saturated rings. The molecule has 1 aromatic carbocycles. The average molecular weight is 308 g/mol. The van der Waals surface area contributed by atoms with Crippen LogP contribution >= 0.6 is 11.3 Å². The number of hydrogen-bond donors (Lipinski definition) is 0. The van der Waals surface area contributed by atoms with Crippen molar-refractivity contribution in [3.05, 3.63) is 46.6 Å². The van der Waals surface area contributed by atoms with E-state index in [9.17, 15) is 13.2 Å². The van der Waals surface area contributed by atoms with Crippen molar-refractivity contribution >= 4 is 16.3 Å². The lowest BCUT2D eigenvalue weighted by Gasteiger charge is -2.10. The van der Waals surface area contributed by atoms with E-state index in [1.54, 1.807) is 23.6 Å². The third kappa shape index (κ3) is 1.97. The molecule has 2 heterocycles. The summed E-state index contributed by atoms with van der Waals surface area (Å²) in [4.78, 5) is 6.50. The Kier molecular flexibility index (Phi) is 2.66. The van der Waals surface area contributed by atoms with Crippen LogP contribution in [0.1, 0.15) is 22.6 Å². The van der Waals surface area contributed by atoms with Crippen LogP contribution in [0.15, 0.2) is 30.5 Å². The Bertz CT molecular complexity index is 829. The standard InChI is InChI=1S/C15H11F3N2S/c16-15(17,18)10-5-2-1-4-9(10)11-8-20-12-6-3-7-13(12)21-14(20)19-11/h1-2,4-5,8H,3,6-7H2. The van der Waals surface area contributed by atoms with Crippen LogP contribution in [0.5, 0.6) is 0 Å². The summed E-state index contributed by atoms with van der Waals surface area (Å²) in [5, 5.41) is 0. The van der Waals surface area contributed by atoms with Crippen molar-refractivity contribution in [1.82, 2.24) is 9.38 Å². The Morgan fingerprint density at radius 1 is 1.14 bits per heavy atom. The Balaban J connectivity index is 1.90. The molecule has 0 N–H and O–H groups in total. The molecule has 21 heavy (non-hydrogen) atoms. The summed E-state index contributed by atoms with van der Waals surface area (Å²) in [5.74, 6) is 0. The van der Waals surface area contributed by atoms with E-state index in [0.717, 1.165) is 30.3 Å². The van der Waals surface area contributed by atoms with Crippen molar-refractivity contribution in [1.29, 1.82) is 0 Å². The monoisotopic (exact) mass is 308 g/mol. The number of benzene rings is 1. The highest BCUT2D eigenvalue weighted by Crippen LogP contribution is 2.38. The fourth-order valence-electron chi connectivity index (χ4n) is 2.89. The van der Waals surface area contributed by atoms with Gasteiger partial charge in [0.1, 0.15) is 0 Å². The van der Waals surface area contributed by atoms with Crippen LogP contribution in [0.4, 0.5) is 13.2 Å². The molecule has 0 saturated heterocycles. The van der Waals surface area contributed by atoms with Crippen LogP contribution in [0.2, 0.25) is 0 Å². The number of imidazole rings is 1. The number of fused-ring (bicyclic) bond motifs is 3. The van der Waals surface area contributed by atoms with Gasteiger partial charge >= 0.3 is 6.18 Å². The van der Waals surface area contributed by atoms with Gasteiger partial charge in [-0.1, -0.05) is 18.2 Å². The molecule has 1 aliphatic rings. The van der Waals surface area contributed by atoms with E-state index in [0.29, 0.717) is 5.69 Å². The molecule has 0 aliphatic heterocycles. The molecular weight excluding hydrogens is 297 g/mol. The number of aromatic nitrogens is 2. The van der Waals surface area contributed by atoms with Crippen LogP contribution in [-0.4, -0.2) is 9.38 Å². The second-order valence-corrected chi connectivity index (χ2v) is 6.21. The van der Waals surface area contributed by atoms with E-state index >= 15 is 0 Å². The van der Waals surface area contributed by atoms with Gasteiger partial charge in [0.05, 0.1) is 11.3 Å². The van der Waals surface area contributed by atoms with E-state index in [1.165, 1.54) is 22.7 Å². The molecule has 0 bridgehead atoms. The summed E-state index contributed by atoms with van der Waals surface area (Å²) in [6.45, 7) is 0. The minimum atomic E-state index is -4.37. The number of nitrogens with zero attached hydrogens (tertiary/aromatic N) is 2. The third-order valence-corrected chi connectivity index (χ3v) is 4.98. The normalized spacial score (nSPS) is 14.8. The smallest absolute Gasteiger partial charge is 0.294 e. The van der Waals surface area contributed by atoms with Crippen molar-refractivity contribution in [2.75, 3.05) is 0 Å². The van der Waals surface area contributed by atoms with Gasteiger partial charge in [0.25, 0.3) is 0 Å². The highest BCUT2D eigenvalue weighted by atomic mass is 32.1. The second kappa shape index (κ2) is 4.34. The lowest BCUT2D eigenvalue weighted by atomic mass is 10.0. The minimum absolute atomic E-state index is 0.146. The molecule has 2 nitrogen and oxygen atoms in total. The summed E-state index contributed by atoms with van der Waals surface area (Å²) < 4.78 is 41.3. The number of rotatable bonds is 1. The number of aryl methyl sites for hydroxylation is 2. The molecule has 0 unspecified atom stereocenters. The van der Waals surface area contributed by atoms with E-state index in [1.807, 2.05) is 4.40 Å². The first-order valence-corrected chi connectivity index (χ1v) is 7.52. The zero-order valence-corrected chi connectivity index (χ0v) is 11.8. The number of halogens is 3. The average Bonchev–Trinajstić information content (AvgIpc) is 3.08. The predicted octanol–water partition coefficient (Wildman–Crippen LogP) is 4.57. The molecule has 0 radical (unpaired) electrons. The molecule has 0 atom stereocenters. The molecule has 3 aromatic rings. The van der Waals surface area contributed by atoms with Gasteiger partial charge < -0.3 is 0 Å². The van der Waals surface area contributed by atoms with Crippen molar-refractivity contribution in [3.8, 4) is 11.3 Å². The van der Waals surface area contributed by atoms with Crippen molar-refractivity contribution < 1.29 is 13.2 Å². The van der Waals surface area contributed by atoms with Gasteiger partial charge in [0.2, 0.25) is 0 Å². The van der Waals surface area contributed by atoms with E-state index in [2.05, 4.69) is 4.98 Å². The van der Waals surface area contributed by atoms with Crippen LogP contribution in [0.25, 0.3) is 16.2 Å². The van der Waals surface area contributed by atoms with Crippen molar-refractivity contribution in [2.24, 2.45) is 0 Å². The maximum atomic E-state index is 13.1. The van der Waals surface area contributed by atoms with Gasteiger partial charge in [-0.3, -0.25) is 4.40 Å². The molecular formula is C15H11F3N2S. The topological polar surface area (TPSA) is 17.3 Å². The van der Waals surface area contributed by atoms with E-state index < -0.39 is 11.7 Å². The first kappa shape index (κ1) is 12.9. The van der Waals surface area contributed by atoms with Crippen LogP contribution in [0.3, 0.4) is 0 Å². The number of hydrogen-bond acceptors (Lipinski definition) is 2. The highest BCUT2D eigenvalue weighted by molar-refractivity contribution is 7.17. The summed E-state index contributed by atoms with van der Waals surface area (Å²) >= 11 is 1.59. The molecule has 1 aliphatic carbocycles. The quantitative estimate of drug-likeness (QED) is 0.643. The lowest BCUT2D eigenvalue weighted by Crippen LogP contribution is -2.06. The van der Waals surface area contributed by atoms with Crippen LogP contribution < -0.4 is 0 Å². The molecule has 2 aromatic heterocycles. The second-order valence-electron chi connectivity index (χ2n) is 5.15. The summed E-state index contributed by atoms with van der Waals surface area (Å²) in [7, 11) is 0.